The van der Waals surface area contributed by atoms with Crippen molar-refractivity contribution in [2.24, 2.45) is 5.92 Å². The number of esters is 1. The molecule has 2 atom stereocenters. The van der Waals surface area contributed by atoms with E-state index in [1.54, 1.807) is 0 Å². The third-order valence-corrected chi connectivity index (χ3v) is 10.4. The summed E-state index contributed by atoms with van der Waals surface area (Å²) in [5.41, 5.74) is 5.37. The van der Waals surface area contributed by atoms with Gasteiger partial charge in [0, 0.05) is 31.5 Å². The first kappa shape index (κ1) is 36.4. The molecular formula is C39H42N2O8S. The van der Waals surface area contributed by atoms with Gasteiger partial charge in [-0.2, -0.15) is 4.31 Å². The number of fused-ring (bicyclic) bond motifs is 3. The highest BCUT2D eigenvalue weighted by Crippen LogP contribution is 2.44. The molecular weight excluding hydrogens is 657 g/mol. The molecule has 10 nitrogen and oxygen atoms in total. The first-order valence-electron chi connectivity index (χ1n) is 16.5. The van der Waals surface area contributed by atoms with Gasteiger partial charge in [0.2, 0.25) is 10.0 Å². The van der Waals surface area contributed by atoms with Gasteiger partial charge in [0.25, 0.3) is 0 Å². The Morgan fingerprint density at radius 2 is 1.38 bits per heavy atom. The normalized spacial score (nSPS) is 13.7. The van der Waals surface area contributed by atoms with Gasteiger partial charge in [-0.3, -0.25) is 9.59 Å². The standard InChI is InChI=1S/C39H42N2O8S/c1-26(2)22-41(50(46,47)30-19-17-29(18-20-30)38(44)25-48-27(3)42)23-37(43)36(21-28-11-5-4-6-12-28)40-39(45)49-24-35-33-15-9-7-13-31(33)32-14-8-10-16-34(32)35/h4-20,26,35-37,43H,21-25H2,1-3H3,(H,40,45)/t36-,37+/m0/s1. The second-order valence-corrected chi connectivity index (χ2v) is 14.7. The molecule has 0 unspecified atom stereocenters. The molecule has 0 aliphatic heterocycles. The number of rotatable bonds is 15. The summed E-state index contributed by atoms with van der Waals surface area (Å²) in [5, 5.41) is 14.4. The second-order valence-electron chi connectivity index (χ2n) is 12.8. The monoisotopic (exact) mass is 698 g/mol. The minimum atomic E-state index is -4.14. The van der Waals surface area contributed by atoms with E-state index in [0.29, 0.717) is 0 Å². The maximum atomic E-state index is 13.9. The zero-order valence-electron chi connectivity index (χ0n) is 28.3. The average Bonchev–Trinajstić information content (AvgIpc) is 3.42. The third kappa shape index (κ3) is 8.84. The number of hydrogen-bond acceptors (Lipinski definition) is 8. The lowest BCUT2D eigenvalue weighted by Gasteiger charge is -2.30. The number of nitrogens with one attached hydrogen (secondary N) is 1. The number of nitrogens with zero attached hydrogens (tertiary/aromatic N) is 1. The van der Waals surface area contributed by atoms with Crippen LogP contribution in [0.3, 0.4) is 0 Å². The van der Waals surface area contributed by atoms with Crippen molar-refractivity contribution < 1.29 is 37.4 Å². The van der Waals surface area contributed by atoms with Crippen LogP contribution in [0.15, 0.2) is 108 Å². The lowest BCUT2D eigenvalue weighted by molar-refractivity contribution is -0.139. The van der Waals surface area contributed by atoms with Gasteiger partial charge in [0.15, 0.2) is 12.4 Å². The van der Waals surface area contributed by atoms with Gasteiger partial charge in [-0.1, -0.05) is 92.7 Å². The van der Waals surface area contributed by atoms with Gasteiger partial charge in [0.05, 0.1) is 17.0 Å². The van der Waals surface area contributed by atoms with Crippen LogP contribution >= 0.6 is 0 Å². The van der Waals surface area contributed by atoms with Crippen molar-refractivity contribution in [3.63, 3.8) is 0 Å². The van der Waals surface area contributed by atoms with Crippen molar-refractivity contribution in [1.29, 1.82) is 0 Å². The topological polar surface area (TPSA) is 139 Å². The number of amides is 1. The van der Waals surface area contributed by atoms with Gasteiger partial charge < -0.3 is 19.9 Å². The number of sulfonamides is 1. The Bertz CT molecular complexity index is 1870. The van der Waals surface area contributed by atoms with Gasteiger partial charge >= 0.3 is 12.1 Å². The molecule has 0 spiro atoms. The van der Waals surface area contributed by atoms with Crippen LogP contribution in [-0.2, 0) is 30.7 Å². The molecule has 262 valence electrons. The van der Waals surface area contributed by atoms with E-state index in [-0.39, 0.29) is 48.4 Å². The first-order valence-corrected chi connectivity index (χ1v) is 18.0. The van der Waals surface area contributed by atoms with Crippen LogP contribution in [0.2, 0.25) is 0 Å². The highest BCUT2D eigenvalue weighted by Gasteiger charge is 2.33. The molecule has 11 heteroatoms. The van der Waals surface area contributed by atoms with E-state index in [1.807, 2.05) is 80.6 Å². The van der Waals surface area contributed by atoms with Crippen molar-refractivity contribution in [2.45, 2.75) is 50.2 Å². The molecule has 1 aliphatic rings. The molecule has 0 heterocycles. The largest absolute Gasteiger partial charge is 0.457 e. The van der Waals surface area contributed by atoms with Crippen LogP contribution in [0.4, 0.5) is 4.79 Å². The molecule has 0 radical (unpaired) electrons. The Morgan fingerprint density at radius 1 is 0.800 bits per heavy atom. The SMILES string of the molecule is CC(=O)OCC(=O)c1ccc(S(=O)(=O)N(CC(C)C)C[C@@H](O)[C@H](Cc2ccccc2)NC(=O)OCC2c3ccccc3-c3ccccc32)cc1. The minimum Gasteiger partial charge on any atom is -0.457 e. The molecule has 50 heavy (non-hydrogen) atoms. The van der Waals surface area contributed by atoms with E-state index in [4.69, 9.17) is 9.47 Å². The van der Waals surface area contributed by atoms with Gasteiger partial charge in [-0.05, 0) is 64.4 Å². The number of carbonyl (C=O) groups excluding carboxylic acids is 3. The van der Waals surface area contributed by atoms with Crippen molar-refractivity contribution >= 4 is 27.9 Å². The van der Waals surface area contributed by atoms with Gasteiger partial charge in [-0.25, -0.2) is 13.2 Å². The molecule has 1 amide bonds. The van der Waals surface area contributed by atoms with Gasteiger partial charge in [0.1, 0.15) is 6.61 Å². The Hall–Kier alpha value is -4.84. The zero-order chi connectivity index (χ0) is 35.8. The molecule has 0 fully saturated rings. The summed E-state index contributed by atoms with van der Waals surface area (Å²) < 4.78 is 39.5. The molecule has 1 aliphatic carbocycles. The molecule has 4 aromatic carbocycles. The number of Topliss-reactive ketones (excluding diaryl/α,β-unsaturated/α-hetero) is 1. The Morgan fingerprint density at radius 3 is 1.96 bits per heavy atom. The van der Waals surface area contributed by atoms with Crippen LogP contribution in [-0.4, -0.2) is 74.1 Å². The van der Waals surface area contributed by atoms with Crippen molar-refractivity contribution in [1.82, 2.24) is 9.62 Å². The average molecular weight is 699 g/mol. The number of alkyl carbamates (subject to hydrolysis) is 1. The van der Waals surface area contributed by atoms with Crippen molar-refractivity contribution in [3.05, 3.63) is 125 Å². The maximum Gasteiger partial charge on any atom is 0.407 e. The van der Waals surface area contributed by atoms with Gasteiger partial charge in [-0.15, -0.1) is 0 Å². The number of ether oxygens (including phenoxy) is 2. The summed E-state index contributed by atoms with van der Waals surface area (Å²) in [4.78, 5) is 36.7. The van der Waals surface area contributed by atoms with E-state index in [1.165, 1.54) is 35.5 Å². The van der Waals surface area contributed by atoms with E-state index in [9.17, 15) is 27.9 Å². The van der Waals surface area contributed by atoms with E-state index in [0.717, 1.165) is 27.8 Å². The summed E-state index contributed by atoms with van der Waals surface area (Å²) in [6.45, 7) is 4.33. The quantitative estimate of drug-likeness (QED) is 0.121. The number of ketones is 1. The Kier molecular flexibility index (Phi) is 11.8. The van der Waals surface area contributed by atoms with Crippen LogP contribution in [0, 0.1) is 5.92 Å². The maximum absolute atomic E-state index is 13.9. The number of hydrogen-bond donors (Lipinski definition) is 2. The molecule has 0 aromatic heterocycles. The fourth-order valence-corrected chi connectivity index (χ4v) is 7.79. The first-order chi connectivity index (χ1) is 23.9. The lowest BCUT2D eigenvalue weighted by Crippen LogP contribution is -2.51. The summed E-state index contributed by atoms with van der Waals surface area (Å²) in [6.07, 6.45) is -1.81. The van der Waals surface area contributed by atoms with Crippen LogP contribution in [0.1, 0.15) is 53.7 Å². The summed E-state index contributed by atoms with van der Waals surface area (Å²) in [5.74, 6) is -1.31. The predicted octanol–water partition coefficient (Wildman–Crippen LogP) is 5.59. The molecule has 2 N–H and O–H groups in total. The molecule has 0 saturated carbocycles. The Balaban J connectivity index is 1.32. The second kappa shape index (κ2) is 16.2. The summed E-state index contributed by atoms with van der Waals surface area (Å²) in [7, 11) is -4.14. The molecule has 0 bridgehead atoms. The lowest BCUT2D eigenvalue weighted by atomic mass is 9.98. The number of carbonyl (C=O) groups is 3. The predicted molar refractivity (Wildman–Crippen MR) is 189 cm³/mol. The number of aliphatic hydroxyl groups excluding tert-OH is 1. The third-order valence-electron chi connectivity index (χ3n) is 8.59. The van der Waals surface area contributed by atoms with Crippen molar-refractivity contribution in [2.75, 3.05) is 26.3 Å². The number of aliphatic hydroxyl groups is 1. The molecule has 5 rings (SSSR count). The Labute approximate surface area is 293 Å². The minimum absolute atomic E-state index is 0.0708. The van der Waals surface area contributed by atoms with E-state index >= 15 is 0 Å². The van der Waals surface area contributed by atoms with Crippen LogP contribution in [0.5, 0.6) is 0 Å². The van der Waals surface area contributed by atoms with E-state index in [2.05, 4.69) is 17.4 Å². The van der Waals surface area contributed by atoms with Crippen LogP contribution in [0.25, 0.3) is 11.1 Å². The fraction of sp³-hybridized carbons (Fsp3) is 0.308. The smallest absolute Gasteiger partial charge is 0.407 e. The van der Waals surface area contributed by atoms with Crippen molar-refractivity contribution in [3.8, 4) is 11.1 Å². The highest BCUT2D eigenvalue weighted by atomic mass is 32.2. The fourth-order valence-electron chi connectivity index (χ4n) is 6.17. The zero-order valence-corrected chi connectivity index (χ0v) is 29.1. The highest BCUT2D eigenvalue weighted by molar-refractivity contribution is 7.89. The molecule has 4 aromatic rings. The summed E-state index contributed by atoms with van der Waals surface area (Å²) >= 11 is 0. The number of benzene rings is 4. The van der Waals surface area contributed by atoms with Crippen LogP contribution < -0.4 is 5.32 Å². The summed E-state index contributed by atoms with van der Waals surface area (Å²) in [6, 6.07) is 29.8. The van der Waals surface area contributed by atoms with E-state index < -0.39 is 46.6 Å². The molecule has 0 saturated heterocycles.